The van der Waals surface area contributed by atoms with Crippen LogP contribution in [0, 0.1) is 6.92 Å². The summed E-state index contributed by atoms with van der Waals surface area (Å²) in [4.78, 5) is 31.3. The van der Waals surface area contributed by atoms with Gasteiger partial charge in [-0.3, -0.25) is 9.89 Å². The smallest absolute Gasteiger partial charge is 0.408 e. The number of hydrogen-bond acceptors (Lipinski definition) is 9. The predicted octanol–water partition coefficient (Wildman–Crippen LogP) is 2.03. The van der Waals surface area contributed by atoms with Crippen LogP contribution in [0.5, 0.6) is 0 Å². The summed E-state index contributed by atoms with van der Waals surface area (Å²) in [5.41, 5.74) is 1.69. The first-order chi connectivity index (χ1) is 18.3. The number of halogens is 1. The lowest BCUT2D eigenvalue weighted by Crippen LogP contribution is -2.40. The fourth-order valence-corrected chi connectivity index (χ4v) is 4.57. The van der Waals surface area contributed by atoms with E-state index in [1.165, 1.54) is 0 Å². The van der Waals surface area contributed by atoms with Crippen molar-refractivity contribution in [2.45, 2.75) is 50.6 Å². The number of alkyl carbamates (subject to hydrolysis) is 1. The molecule has 202 valence electrons. The molecule has 1 saturated carbocycles. The Kier molecular flexibility index (Phi) is 6.14. The number of nitrogens with zero attached hydrogens (tertiary/aromatic N) is 5. The minimum absolute atomic E-state index is 0.0619. The Balaban J connectivity index is 1.15. The number of hydrogen-bond donors (Lipinski definition) is 3. The lowest BCUT2D eigenvalue weighted by Gasteiger charge is -2.25. The summed E-state index contributed by atoms with van der Waals surface area (Å²) in [5, 5.41) is 17.3. The summed E-state index contributed by atoms with van der Waals surface area (Å²) in [6.07, 6.45) is -0.709. The van der Waals surface area contributed by atoms with Crippen LogP contribution in [0.2, 0.25) is 0 Å². The molecule has 3 fully saturated rings. The maximum absolute atomic E-state index is 15.1. The van der Waals surface area contributed by atoms with Crippen LogP contribution in [0.15, 0.2) is 18.3 Å². The number of aromatic nitrogens is 5. The average molecular weight is 529 g/mol. The van der Waals surface area contributed by atoms with Crippen molar-refractivity contribution in [1.82, 2.24) is 35.0 Å². The Morgan fingerprint density at radius 2 is 2.05 bits per heavy atom. The Morgan fingerprint density at radius 1 is 1.26 bits per heavy atom. The quantitative estimate of drug-likeness (QED) is 0.437. The number of morpholine rings is 1. The molecule has 2 aliphatic heterocycles. The topological polar surface area (TPSA) is 148 Å². The van der Waals surface area contributed by atoms with E-state index < -0.39 is 24.5 Å². The van der Waals surface area contributed by atoms with E-state index in [9.17, 15) is 9.59 Å². The highest BCUT2D eigenvalue weighted by Crippen LogP contribution is 2.36. The van der Waals surface area contributed by atoms with Gasteiger partial charge in [0.15, 0.2) is 29.6 Å². The van der Waals surface area contributed by atoms with Crippen molar-refractivity contribution in [3.63, 3.8) is 0 Å². The maximum atomic E-state index is 15.1. The molecule has 2 saturated heterocycles. The van der Waals surface area contributed by atoms with Crippen LogP contribution in [0.25, 0.3) is 5.52 Å². The van der Waals surface area contributed by atoms with Gasteiger partial charge in [0, 0.05) is 30.8 Å². The van der Waals surface area contributed by atoms with Crippen LogP contribution in [-0.2, 0) is 14.2 Å². The van der Waals surface area contributed by atoms with Gasteiger partial charge in [0.2, 0.25) is 0 Å². The van der Waals surface area contributed by atoms with Gasteiger partial charge in [-0.25, -0.2) is 18.7 Å². The maximum Gasteiger partial charge on any atom is 0.408 e. The van der Waals surface area contributed by atoms with Crippen LogP contribution >= 0.6 is 0 Å². The van der Waals surface area contributed by atoms with Gasteiger partial charge in [-0.05, 0) is 26.7 Å². The molecule has 3 atom stereocenters. The van der Waals surface area contributed by atoms with Gasteiger partial charge in [0.05, 0.1) is 37.4 Å². The number of H-pyrrole nitrogens is 1. The molecule has 0 radical (unpaired) electrons. The second-order valence-corrected chi connectivity index (χ2v) is 10.2. The van der Waals surface area contributed by atoms with Crippen molar-refractivity contribution >= 4 is 29.2 Å². The zero-order chi connectivity index (χ0) is 26.4. The van der Waals surface area contributed by atoms with Crippen LogP contribution in [0.4, 0.5) is 20.8 Å². The molecule has 0 spiro atoms. The van der Waals surface area contributed by atoms with Crippen LogP contribution in [-0.4, -0.2) is 92.4 Å². The number of ether oxygens (including phenoxy) is 3. The summed E-state index contributed by atoms with van der Waals surface area (Å²) in [7, 11) is 0. The van der Waals surface area contributed by atoms with Gasteiger partial charge in [0.25, 0.3) is 5.91 Å². The van der Waals surface area contributed by atoms with Gasteiger partial charge in [-0.15, -0.1) is 0 Å². The van der Waals surface area contributed by atoms with E-state index >= 15 is 4.39 Å². The van der Waals surface area contributed by atoms with E-state index in [0.29, 0.717) is 60.5 Å². The molecule has 0 bridgehead atoms. The van der Waals surface area contributed by atoms with Gasteiger partial charge in [0.1, 0.15) is 11.6 Å². The summed E-state index contributed by atoms with van der Waals surface area (Å²) < 4.78 is 32.9. The van der Waals surface area contributed by atoms with E-state index in [1.807, 2.05) is 13.8 Å². The summed E-state index contributed by atoms with van der Waals surface area (Å²) in [6.45, 7) is 5.69. The first-order valence-corrected chi connectivity index (χ1v) is 12.6. The van der Waals surface area contributed by atoms with E-state index in [4.69, 9.17) is 14.2 Å². The molecular weight excluding hydrogens is 499 g/mol. The third kappa shape index (κ3) is 4.88. The predicted molar refractivity (Wildman–Crippen MR) is 131 cm³/mol. The minimum atomic E-state index is -1.56. The molecule has 38 heavy (non-hydrogen) atoms. The average Bonchev–Trinajstić information content (AvgIpc) is 3.23. The van der Waals surface area contributed by atoms with Crippen molar-refractivity contribution in [2.24, 2.45) is 0 Å². The summed E-state index contributed by atoms with van der Waals surface area (Å²) in [5.74, 6) is 0.640. The fourth-order valence-electron chi connectivity index (χ4n) is 4.57. The Hall–Kier alpha value is -3.78. The van der Waals surface area contributed by atoms with Crippen molar-refractivity contribution in [1.29, 1.82) is 0 Å². The molecule has 0 unspecified atom stereocenters. The minimum Gasteiger partial charge on any atom is -0.441 e. The molecule has 2 amide bonds. The number of nitrogens with one attached hydrogen (secondary N) is 3. The molecule has 3 N–H and O–H groups in total. The highest BCUT2D eigenvalue weighted by atomic mass is 19.1. The van der Waals surface area contributed by atoms with Gasteiger partial charge in [-0.1, -0.05) is 0 Å². The van der Waals surface area contributed by atoms with Crippen LogP contribution in [0.3, 0.4) is 0 Å². The lowest BCUT2D eigenvalue weighted by molar-refractivity contribution is 0.0299. The number of aromatic amines is 1. The van der Waals surface area contributed by atoms with Crippen molar-refractivity contribution < 1.29 is 28.2 Å². The monoisotopic (exact) mass is 528 g/mol. The zero-order valence-corrected chi connectivity index (χ0v) is 21.1. The fraction of sp³-hybridized carbons (Fsp3) is 0.542. The third-order valence-electron chi connectivity index (χ3n) is 6.99. The van der Waals surface area contributed by atoms with Crippen molar-refractivity contribution in [3.8, 4) is 0 Å². The number of aryl methyl sites for hydroxylation is 1. The molecule has 0 aromatic carbocycles. The van der Waals surface area contributed by atoms with Crippen molar-refractivity contribution in [2.75, 3.05) is 38.2 Å². The lowest BCUT2D eigenvalue weighted by atomic mass is 10.1. The highest BCUT2D eigenvalue weighted by Gasteiger charge is 2.44. The van der Waals surface area contributed by atoms with E-state index in [-0.39, 0.29) is 18.1 Å². The number of amides is 2. The number of carbonyl (C=O) groups is 2. The zero-order valence-electron chi connectivity index (χ0n) is 21.1. The van der Waals surface area contributed by atoms with Crippen LogP contribution < -0.4 is 10.6 Å². The first kappa shape index (κ1) is 24.6. The second-order valence-electron chi connectivity index (χ2n) is 10.2. The molecule has 3 aromatic rings. The second kappa shape index (κ2) is 9.51. The third-order valence-corrected chi connectivity index (χ3v) is 6.99. The van der Waals surface area contributed by atoms with E-state index in [1.54, 1.807) is 27.7 Å². The van der Waals surface area contributed by atoms with Crippen molar-refractivity contribution in [3.05, 3.63) is 35.4 Å². The van der Waals surface area contributed by atoms with Gasteiger partial charge in [-0.2, -0.15) is 10.2 Å². The summed E-state index contributed by atoms with van der Waals surface area (Å²) in [6, 6.07) is 3.29. The molecule has 1 aliphatic carbocycles. The van der Waals surface area contributed by atoms with E-state index in [2.05, 4.69) is 30.9 Å². The normalized spacial score (nSPS) is 24.4. The highest BCUT2D eigenvalue weighted by molar-refractivity contribution is 5.94. The van der Waals surface area contributed by atoms with Crippen LogP contribution in [0.1, 0.15) is 47.7 Å². The molecular formula is C24H29FN8O5. The van der Waals surface area contributed by atoms with Gasteiger partial charge < -0.3 is 29.7 Å². The molecule has 3 aromatic heterocycles. The summed E-state index contributed by atoms with van der Waals surface area (Å²) >= 11 is 0. The largest absolute Gasteiger partial charge is 0.441 e. The number of carbonyl (C=O) groups excluding carboxylic acids is 2. The Bertz CT molecular complexity index is 1370. The number of fused-ring (bicyclic) bond motifs is 1. The SMILES string of the molecule is Cc1cn2nc(C(=O)N3CCOCC3)cc2c(Nc2cc([C@@H]3OC[C@H](OC(=O)NC4(C)CC4)[C@H]3F)[nH]n2)n1. The molecule has 14 heteroatoms. The molecule has 3 aliphatic rings. The van der Waals surface area contributed by atoms with E-state index in [0.717, 1.165) is 12.8 Å². The molecule has 13 nitrogen and oxygen atoms in total. The number of anilines is 2. The standard InChI is InChI=1S/C24H29FN8O5/c1-13-11-33-16(9-15(31-33)22(34)32-5-7-36-8-6-32)21(26-13)27-18-10-14(29-30-18)20-19(25)17(12-37-20)38-23(35)28-24(2)3-4-24/h9-11,17,19-20H,3-8,12H2,1-2H3,(H,28,35)(H2,26,27,29,30)/t17-,19+,20-/m0/s1. The number of alkyl halides is 1. The first-order valence-electron chi connectivity index (χ1n) is 12.6. The number of rotatable bonds is 6. The Labute approximate surface area is 217 Å². The van der Waals surface area contributed by atoms with Gasteiger partial charge >= 0.3 is 6.09 Å². The molecule has 6 rings (SSSR count). The Morgan fingerprint density at radius 3 is 2.82 bits per heavy atom. The molecule has 5 heterocycles.